The van der Waals surface area contributed by atoms with Crippen molar-refractivity contribution in [2.75, 3.05) is 12.4 Å². The number of fused-ring (bicyclic) bond motifs is 1. The quantitative estimate of drug-likeness (QED) is 0.901. The minimum Gasteiger partial charge on any atom is -0.372 e. The van der Waals surface area contributed by atoms with Gasteiger partial charge in [-0.3, -0.25) is 0 Å². The Labute approximate surface area is 119 Å². The molecule has 0 saturated carbocycles. The number of nitrogens with one attached hydrogen (secondary N) is 1. The van der Waals surface area contributed by atoms with Crippen LogP contribution in [0.4, 0.5) is 5.82 Å². The third-order valence-electron chi connectivity index (χ3n) is 3.90. The normalized spacial score (nSPS) is 13.4. The molecule has 3 rings (SSSR count). The van der Waals surface area contributed by atoms with Gasteiger partial charge in [-0.25, -0.2) is 4.98 Å². The molecule has 0 spiro atoms. The molecule has 1 heterocycles. The minimum absolute atomic E-state index is 0.578. The van der Waals surface area contributed by atoms with E-state index in [1.165, 1.54) is 36.8 Å². The molecule has 1 N–H and O–H groups in total. The van der Waals surface area contributed by atoms with Crippen LogP contribution in [0.2, 0.25) is 0 Å². The van der Waals surface area contributed by atoms with Crippen molar-refractivity contribution in [3.63, 3.8) is 0 Å². The molecule has 0 atom stereocenters. The Morgan fingerprint density at radius 3 is 2.65 bits per heavy atom. The molecule has 3 nitrogen and oxygen atoms in total. The molecular weight excluding hydrogens is 246 g/mol. The molecule has 0 unspecified atom stereocenters. The Bertz CT molecular complexity index is 683. The summed E-state index contributed by atoms with van der Waals surface area (Å²) in [7, 11) is 1.79. The van der Waals surface area contributed by atoms with Crippen molar-refractivity contribution in [1.29, 1.82) is 5.26 Å². The number of hydrogen-bond acceptors (Lipinski definition) is 3. The van der Waals surface area contributed by atoms with Crippen molar-refractivity contribution in [3.8, 4) is 17.3 Å². The van der Waals surface area contributed by atoms with E-state index in [-0.39, 0.29) is 0 Å². The lowest BCUT2D eigenvalue weighted by Crippen LogP contribution is -2.03. The van der Waals surface area contributed by atoms with Crippen LogP contribution in [-0.4, -0.2) is 12.0 Å². The predicted octanol–water partition coefficient (Wildman–Crippen LogP) is 3.54. The highest BCUT2D eigenvalue weighted by Gasteiger charge is 2.11. The number of rotatable bonds is 2. The van der Waals surface area contributed by atoms with Gasteiger partial charge in [0.25, 0.3) is 0 Å². The third-order valence-corrected chi connectivity index (χ3v) is 3.90. The lowest BCUT2D eigenvalue weighted by Gasteiger charge is -2.16. The molecule has 0 fully saturated rings. The van der Waals surface area contributed by atoms with Crippen LogP contribution in [0.5, 0.6) is 0 Å². The smallest absolute Gasteiger partial charge is 0.144 e. The van der Waals surface area contributed by atoms with Gasteiger partial charge in [-0.2, -0.15) is 5.26 Å². The zero-order chi connectivity index (χ0) is 13.9. The Morgan fingerprint density at radius 1 is 1.10 bits per heavy atom. The maximum Gasteiger partial charge on any atom is 0.144 e. The molecule has 0 saturated heterocycles. The van der Waals surface area contributed by atoms with Gasteiger partial charge in [0.05, 0.1) is 11.3 Å². The standard InChI is InChI=1S/C17H17N3/c1-19-17-15(11-18)8-9-16(20-17)14-7-6-12-4-2-3-5-13(12)10-14/h6-10H,2-5H2,1H3,(H,19,20). The summed E-state index contributed by atoms with van der Waals surface area (Å²) >= 11 is 0. The number of hydrogen-bond donors (Lipinski definition) is 1. The molecule has 1 aliphatic carbocycles. The molecule has 0 amide bonds. The first-order chi connectivity index (χ1) is 9.81. The maximum absolute atomic E-state index is 9.04. The zero-order valence-corrected chi connectivity index (χ0v) is 11.6. The summed E-state index contributed by atoms with van der Waals surface area (Å²) in [4.78, 5) is 4.55. The fourth-order valence-corrected chi connectivity index (χ4v) is 2.79. The van der Waals surface area contributed by atoms with E-state index < -0.39 is 0 Å². The second kappa shape index (κ2) is 5.34. The van der Waals surface area contributed by atoms with Gasteiger partial charge in [0.1, 0.15) is 11.9 Å². The maximum atomic E-state index is 9.04. The first kappa shape index (κ1) is 12.7. The number of nitrogens with zero attached hydrogens (tertiary/aromatic N) is 2. The summed E-state index contributed by atoms with van der Waals surface area (Å²) in [5.41, 5.74) is 5.55. The monoisotopic (exact) mass is 263 g/mol. The molecule has 0 aliphatic heterocycles. The summed E-state index contributed by atoms with van der Waals surface area (Å²) < 4.78 is 0. The Morgan fingerprint density at radius 2 is 1.90 bits per heavy atom. The molecule has 0 bridgehead atoms. The van der Waals surface area contributed by atoms with Crippen molar-refractivity contribution in [2.24, 2.45) is 0 Å². The van der Waals surface area contributed by atoms with Crippen molar-refractivity contribution in [3.05, 3.63) is 47.0 Å². The van der Waals surface area contributed by atoms with E-state index in [0.717, 1.165) is 11.3 Å². The van der Waals surface area contributed by atoms with Crippen LogP contribution in [0.1, 0.15) is 29.5 Å². The summed E-state index contributed by atoms with van der Waals surface area (Å²) in [6.07, 6.45) is 4.93. The Hall–Kier alpha value is -2.34. The van der Waals surface area contributed by atoms with E-state index in [2.05, 4.69) is 34.6 Å². The molecule has 1 aromatic carbocycles. The Balaban J connectivity index is 2.03. The number of aryl methyl sites for hydroxylation is 2. The average molecular weight is 263 g/mol. The average Bonchev–Trinajstić information content (AvgIpc) is 2.53. The van der Waals surface area contributed by atoms with Crippen molar-refractivity contribution >= 4 is 5.82 Å². The van der Waals surface area contributed by atoms with Gasteiger partial charge >= 0.3 is 0 Å². The van der Waals surface area contributed by atoms with Crippen LogP contribution in [0, 0.1) is 11.3 Å². The van der Waals surface area contributed by atoms with Gasteiger partial charge in [0, 0.05) is 12.6 Å². The van der Waals surface area contributed by atoms with E-state index in [1.54, 1.807) is 7.05 Å². The second-order valence-electron chi connectivity index (χ2n) is 5.15. The topological polar surface area (TPSA) is 48.7 Å². The van der Waals surface area contributed by atoms with E-state index in [9.17, 15) is 0 Å². The minimum atomic E-state index is 0.578. The van der Waals surface area contributed by atoms with Crippen molar-refractivity contribution in [1.82, 2.24) is 4.98 Å². The van der Waals surface area contributed by atoms with Gasteiger partial charge in [-0.05, 0) is 55.0 Å². The van der Waals surface area contributed by atoms with Crippen molar-refractivity contribution < 1.29 is 0 Å². The summed E-state index contributed by atoms with van der Waals surface area (Å²) in [5, 5.41) is 12.0. The molecule has 1 aliphatic rings. The van der Waals surface area contributed by atoms with E-state index in [1.807, 2.05) is 12.1 Å². The fraction of sp³-hybridized carbons (Fsp3) is 0.294. The van der Waals surface area contributed by atoms with E-state index in [0.29, 0.717) is 11.4 Å². The SMILES string of the molecule is CNc1nc(-c2ccc3c(c2)CCCC3)ccc1C#N. The highest BCUT2D eigenvalue weighted by atomic mass is 15.0. The summed E-state index contributed by atoms with van der Waals surface area (Å²) in [5.74, 6) is 0.641. The van der Waals surface area contributed by atoms with Gasteiger partial charge in [-0.15, -0.1) is 0 Å². The molecule has 2 aromatic rings. The van der Waals surface area contributed by atoms with Crippen LogP contribution >= 0.6 is 0 Å². The van der Waals surface area contributed by atoms with Crippen molar-refractivity contribution in [2.45, 2.75) is 25.7 Å². The second-order valence-corrected chi connectivity index (χ2v) is 5.15. The van der Waals surface area contributed by atoms with Gasteiger partial charge in [-0.1, -0.05) is 12.1 Å². The lowest BCUT2D eigenvalue weighted by molar-refractivity contribution is 0.686. The number of benzene rings is 1. The summed E-state index contributed by atoms with van der Waals surface area (Å²) in [6.45, 7) is 0. The predicted molar refractivity (Wildman–Crippen MR) is 80.6 cm³/mol. The van der Waals surface area contributed by atoms with E-state index >= 15 is 0 Å². The van der Waals surface area contributed by atoms with Crippen LogP contribution in [-0.2, 0) is 12.8 Å². The molecular formula is C17H17N3. The highest BCUT2D eigenvalue weighted by Crippen LogP contribution is 2.27. The number of nitriles is 1. The van der Waals surface area contributed by atoms with Gasteiger partial charge in [0.15, 0.2) is 0 Å². The lowest BCUT2D eigenvalue weighted by atomic mass is 9.90. The van der Waals surface area contributed by atoms with Crippen LogP contribution < -0.4 is 5.32 Å². The first-order valence-corrected chi connectivity index (χ1v) is 7.03. The molecule has 20 heavy (non-hydrogen) atoms. The fourth-order valence-electron chi connectivity index (χ4n) is 2.79. The molecule has 0 radical (unpaired) electrons. The first-order valence-electron chi connectivity index (χ1n) is 7.03. The van der Waals surface area contributed by atoms with Crippen LogP contribution in [0.3, 0.4) is 0 Å². The number of anilines is 1. The van der Waals surface area contributed by atoms with E-state index in [4.69, 9.17) is 5.26 Å². The summed E-state index contributed by atoms with van der Waals surface area (Å²) in [6, 6.07) is 12.5. The van der Waals surface area contributed by atoms with Crippen LogP contribution in [0.15, 0.2) is 30.3 Å². The number of aromatic nitrogens is 1. The largest absolute Gasteiger partial charge is 0.372 e. The number of pyridine rings is 1. The molecule has 3 heteroatoms. The molecule has 100 valence electrons. The van der Waals surface area contributed by atoms with Gasteiger partial charge in [0.2, 0.25) is 0 Å². The highest BCUT2D eigenvalue weighted by molar-refractivity contribution is 5.66. The zero-order valence-electron chi connectivity index (χ0n) is 11.6. The molecule has 1 aromatic heterocycles. The Kier molecular flexibility index (Phi) is 3.39. The van der Waals surface area contributed by atoms with Gasteiger partial charge < -0.3 is 5.32 Å². The van der Waals surface area contributed by atoms with Crippen LogP contribution in [0.25, 0.3) is 11.3 Å². The third kappa shape index (κ3) is 2.25.